The maximum Gasteiger partial charge on any atom is 0.195 e. The van der Waals surface area contributed by atoms with Gasteiger partial charge in [-0.2, -0.15) is 0 Å². The SMILES string of the molecule is CC1=CC(C(=O)c2cc(F)ccc2/C2=C(/C)CC/C=C(CN)\C=C/CCC2)=CNC1C. The number of rotatable bonds is 4. The molecule has 0 spiro atoms. The van der Waals surface area contributed by atoms with Gasteiger partial charge in [0.25, 0.3) is 0 Å². The van der Waals surface area contributed by atoms with Gasteiger partial charge in [-0.1, -0.05) is 35.4 Å². The Hall–Kier alpha value is -2.72. The Labute approximate surface area is 185 Å². The van der Waals surface area contributed by atoms with Gasteiger partial charge in [0.1, 0.15) is 5.82 Å². The summed E-state index contributed by atoms with van der Waals surface area (Å²) in [6.07, 6.45) is 14.7. The number of halogens is 1. The third-order valence-electron chi connectivity index (χ3n) is 6.17. The van der Waals surface area contributed by atoms with Gasteiger partial charge >= 0.3 is 0 Å². The predicted octanol–water partition coefficient (Wildman–Crippen LogP) is 6.01. The fourth-order valence-corrected chi connectivity index (χ4v) is 4.07. The molecule has 164 valence electrons. The lowest BCUT2D eigenvalue weighted by Crippen LogP contribution is -2.26. The maximum atomic E-state index is 14.2. The zero-order valence-electron chi connectivity index (χ0n) is 18.8. The zero-order valence-corrected chi connectivity index (χ0v) is 18.8. The third-order valence-corrected chi connectivity index (χ3v) is 6.17. The molecule has 0 amide bonds. The first-order chi connectivity index (χ1) is 14.9. The molecule has 1 atom stereocenters. The molecule has 1 aliphatic heterocycles. The van der Waals surface area contributed by atoms with Crippen molar-refractivity contribution in [2.75, 3.05) is 6.54 Å². The number of ketones is 1. The van der Waals surface area contributed by atoms with E-state index < -0.39 is 0 Å². The van der Waals surface area contributed by atoms with E-state index in [9.17, 15) is 9.18 Å². The number of benzene rings is 1. The van der Waals surface area contributed by atoms with Crippen LogP contribution in [0.1, 0.15) is 68.8 Å². The molecule has 1 heterocycles. The summed E-state index contributed by atoms with van der Waals surface area (Å²) >= 11 is 0. The Kier molecular flexibility index (Phi) is 7.80. The highest BCUT2D eigenvalue weighted by atomic mass is 19.1. The molecule has 1 aromatic carbocycles. The highest BCUT2D eigenvalue weighted by Gasteiger charge is 2.21. The van der Waals surface area contributed by atoms with Crippen molar-refractivity contribution < 1.29 is 9.18 Å². The first kappa shape index (κ1) is 23.0. The zero-order chi connectivity index (χ0) is 22.4. The van der Waals surface area contributed by atoms with Crippen LogP contribution in [-0.4, -0.2) is 18.4 Å². The fourth-order valence-electron chi connectivity index (χ4n) is 4.07. The topological polar surface area (TPSA) is 55.1 Å². The molecule has 3 N–H and O–H groups in total. The van der Waals surface area contributed by atoms with E-state index in [4.69, 9.17) is 5.73 Å². The van der Waals surface area contributed by atoms with Crippen molar-refractivity contribution in [3.63, 3.8) is 0 Å². The van der Waals surface area contributed by atoms with Crippen molar-refractivity contribution in [3.8, 4) is 0 Å². The highest BCUT2D eigenvalue weighted by Crippen LogP contribution is 2.32. The van der Waals surface area contributed by atoms with E-state index in [2.05, 4.69) is 30.5 Å². The molecule has 2 aliphatic rings. The number of dihydropyridines is 1. The molecule has 1 unspecified atom stereocenters. The van der Waals surface area contributed by atoms with Crippen molar-refractivity contribution in [2.45, 2.75) is 58.9 Å². The molecular formula is C27H33FN2O. The largest absolute Gasteiger partial charge is 0.384 e. The quantitative estimate of drug-likeness (QED) is 0.587. The molecule has 0 bridgehead atoms. The first-order valence-corrected chi connectivity index (χ1v) is 11.1. The molecule has 3 nitrogen and oxygen atoms in total. The number of allylic oxidation sites excluding steroid dienone is 6. The summed E-state index contributed by atoms with van der Waals surface area (Å²) in [4.78, 5) is 13.4. The number of Topliss-reactive ketones (excluding diaryl/α,β-unsaturated/α-hetero) is 1. The summed E-state index contributed by atoms with van der Waals surface area (Å²) in [6.45, 7) is 6.71. The van der Waals surface area contributed by atoms with E-state index in [1.165, 1.54) is 17.7 Å². The van der Waals surface area contributed by atoms with E-state index in [1.807, 2.05) is 19.9 Å². The van der Waals surface area contributed by atoms with Crippen LogP contribution in [0.3, 0.4) is 0 Å². The van der Waals surface area contributed by atoms with E-state index in [0.29, 0.717) is 17.7 Å². The lowest BCUT2D eigenvalue weighted by Gasteiger charge is -2.21. The maximum absolute atomic E-state index is 14.2. The number of carbonyl (C=O) groups excluding carboxylic acids is 1. The molecule has 0 saturated carbocycles. The molecular weight excluding hydrogens is 387 g/mol. The number of hydrogen-bond acceptors (Lipinski definition) is 3. The molecule has 0 fully saturated rings. The van der Waals surface area contributed by atoms with Gasteiger partial charge in [-0.05, 0) is 87.8 Å². The molecule has 1 aromatic rings. The minimum absolute atomic E-state index is 0.145. The monoisotopic (exact) mass is 420 g/mol. The molecule has 0 aromatic heterocycles. The summed E-state index contributed by atoms with van der Waals surface area (Å²) in [5, 5.41) is 3.22. The minimum atomic E-state index is -0.390. The normalized spacial score (nSPS) is 25.3. The molecule has 4 heteroatoms. The van der Waals surface area contributed by atoms with Crippen molar-refractivity contribution >= 4 is 11.4 Å². The van der Waals surface area contributed by atoms with Gasteiger partial charge in [0.15, 0.2) is 5.78 Å². The van der Waals surface area contributed by atoms with Crippen LogP contribution in [0.5, 0.6) is 0 Å². The second kappa shape index (κ2) is 10.5. The van der Waals surface area contributed by atoms with E-state index in [0.717, 1.165) is 54.4 Å². The van der Waals surface area contributed by atoms with E-state index in [1.54, 1.807) is 12.3 Å². The Morgan fingerprint density at radius 3 is 2.77 bits per heavy atom. The van der Waals surface area contributed by atoms with E-state index in [-0.39, 0.29) is 17.6 Å². The Morgan fingerprint density at radius 1 is 1.23 bits per heavy atom. The van der Waals surface area contributed by atoms with Gasteiger partial charge in [0, 0.05) is 29.9 Å². The van der Waals surface area contributed by atoms with Gasteiger partial charge in [-0.25, -0.2) is 4.39 Å². The van der Waals surface area contributed by atoms with Gasteiger partial charge < -0.3 is 11.1 Å². The molecule has 0 saturated heterocycles. The van der Waals surface area contributed by atoms with Crippen molar-refractivity contribution in [1.82, 2.24) is 5.32 Å². The van der Waals surface area contributed by atoms with Crippen LogP contribution in [-0.2, 0) is 0 Å². The van der Waals surface area contributed by atoms with Crippen molar-refractivity contribution in [2.24, 2.45) is 5.73 Å². The van der Waals surface area contributed by atoms with Crippen LogP contribution in [0.15, 0.2) is 71.0 Å². The van der Waals surface area contributed by atoms with Crippen molar-refractivity contribution in [1.29, 1.82) is 0 Å². The molecule has 0 radical (unpaired) electrons. The van der Waals surface area contributed by atoms with Gasteiger partial charge in [0.05, 0.1) is 0 Å². The first-order valence-electron chi connectivity index (χ1n) is 11.1. The van der Waals surface area contributed by atoms with Crippen LogP contribution in [0.25, 0.3) is 5.57 Å². The predicted molar refractivity (Wildman–Crippen MR) is 127 cm³/mol. The Bertz CT molecular complexity index is 994. The van der Waals surface area contributed by atoms with Crippen LogP contribution >= 0.6 is 0 Å². The Balaban J connectivity index is 2.01. The van der Waals surface area contributed by atoms with Gasteiger partial charge in [-0.3, -0.25) is 4.79 Å². The van der Waals surface area contributed by atoms with Crippen molar-refractivity contribution in [3.05, 3.63) is 87.9 Å². The lowest BCUT2D eigenvalue weighted by molar-refractivity contribution is 0.103. The van der Waals surface area contributed by atoms with Crippen LogP contribution in [0.4, 0.5) is 4.39 Å². The average molecular weight is 421 g/mol. The van der Waals surface area contributed by atoms with Gasteiger partial charge in [0.2, 0.25) is 0 Å². The number of nitrogens with two attached hydrogens (primary N) is 1. The lowest BCUT2D eigenvalue weighted by atomic mass is 9.87. The average Bonchev–Trinajstić information content (AvgIpc) is 2.80. The molecule has 31 heavy (non-hydrogen) atoms. The summed E-state index contributed by atoms with van der Waals surface area (Å²) in [5.41, 5.74) is 12.3. The number of nitrogens with one attached hydrogen (secondary N) is 1. The second-order valence-electron chi connectivity index (χ2n) is 8.47. The standard InChI is InChI=1S/C27H33FN2O/c1-18-8-7-10-21(16-29)9-5-4-6-11-24(18)25-13-12-23(28)15-26(25)27(31)22-14-19(2)20(3)30-17-22/h5,9-10,12-15,17,20,30H,4,6-8,11,16,29H2,1-3H3/b9-5-,21-10+,24-18-. The van der Waals surface area contributed by atoms with Crippen LogP contribution in [0, 0.1) is 5.82 Å². The molecule has 3 rings (SSSR count). The second-order valence-corrected chi connectivity index (χ2v) is 8.47. The third kappa shape index (κ3) is 5.71. The number of carbonyl (C=O) groups is 1. The summed E-state index contributed by atoms with van der Waals surface area (Å²) in [5.74, 6) is -0.535. The number of hydrogen-bond donors (Lipinski definition) is 2. The summed E-state index contributed by atoms with van der Waals surface area (Å²) < 4.78 is 14.2. The minimum Gasteiger partial charge on any atom is -0.384 e. The highest BCUT2D eigenvalue weighted by molar-refractivity contribution is 6.13. The fraction of sp³-hybridized carbons (Fsp3) is 0.370. The summed E-state index contributed by atoms with van der Waals surface area (Å²) in [7, 11) is 0. The smallest absolute Gasteiger partial charge is 0.195 e. The molecule has 1 aliphatic carbocycles. The van der Waals surface area contributed by atoms with Gasteiger partial charge in [-0.15, -0.1) is 0 Å². The van der Waals surface area contributed by atoms with Crippen LogP contribution in [0.2, 0.25) is 0 Å². The van der Waals surface area contributed by atoms with E-state index >= 15 is 0 Å². The Morgan fingerprint density at radius 2 is 2.03 bits per heavy atom. The summed E-state index contributed by atoms with van der Waals surface area (Å²) in [6, 6.07) is 4.81. The van der Waals surface area contributed by atoms with Crippen LogP contribution < -0.4 is 11.1 Å².